The number of amides is 1. The van der Waals surface area contributed by atoms with Gasteiger partial charge in [-0.3, -0.25) is 4.79 Å². The van der Waals surface area contributed by atoms with Crippen LogP contribution in [0.25, 0.3) is 0 Å². The largest absolute Gasteiger partial charge is 0.497 e. The zero-order chi connectivity index (χ0) is 24.4. The van der Waals surface area contributed by atoms with E-state index < -0.39 is 10.0 Å². The Labute approximate surface area is 204 Å². The van der Waals surface area contributed by atoms with Gasteiger partial charge in [-0.2, -0.15) is 8.42 Å². The number of ether oxygens (including phenoxy) is 1. The number of methoxy groups -OCH3 is 1. The fraction of sp³-hybridized carbons (Fsp3) is 0.231. The van der Waals surface area contributed by atoms with Gasteiger partial charge in [-0.15, -0.1) is 4.40 Å². The Kier molecular flexibility index (Phi) is 6.17. The standard InChI is InChI=1S/C26H26N4O4S/c1-34-22-13-11-21(12-14-22)29-15-4-16-30(18-17-29)26(31)19-7-9-20(10-8-19)27-25-23-5-2-3-6-24(23)35(32,33)28-25/h2-3,5-14H,4,15-18H2,1H3,(H,27,28). The van der Waals surface area contributed by atoms with E-state index in [-0.39, 0.29) is 16.6 Å². The van der Waals surface area contributed by atoms with Crippen LogP contribution in [0.1, 0.15) is 22.3 Å². The van der Waals surface area contributed by atoms with Crippen molar-refractivity contribution in [2.75, 3.05) is 43.5 Å². The predicted octanol–water partition coefficient (Wildman–Crippen LogP) is 3.61. The molecule has 0 aromatic heterocycles. The number of nitrogens with zero attached hydrogens (tertiary/aromatic N) is 3. The first-order chi connectivity index (χ1) is 16.9. The number of hydrogen-bond acceptors (Lipinski definition) is 6. The summed E-state index contributed by atoms with van der Waals surface area (Å²) < 4.78 is 33.6. The summed E-state index contributed by atoms with van der Waals surface area (Å²) in [4.78, 5) is 17.5. The van der Waals surface area contributed by atoms with Crippen LogP contribution in [0.3, 0.4) is 0 Å². The Morgan fingerprint density at radius 1 is 0.914 bits per heavy atom. The molecule has 5 rings (SSSR count). The molecule has 3 aromatic carbocycles. The lowest BCUT2D eigenvalue weighted by atomic mass is 10.1. The summed E-state index contributed by atoms with van der Waals surface area (Å²) in [5.74, 6) is 1.09. The molecule has 35 heavy (non-hydrogen) atoms. The summed E-state index contributed by atoms with van der Waals surface area (Å²) in [7, 11) is -2.04. The van der Waals surface area contributed by atoms with Crippen molar-refractivity contribution in [3.05, 3.63) is 83.9 Å². The number of fused-ring (bicyclic) bond motifs is 1. The van der Waals surface area contributed by atoms with Crippen molar-refractivity contribution in [2.24, 2.45) is 4.40 Å². The minimum absolute atomic E-state index is 0.0146. The Morgan fingerprint density at radius 2 is 1.66 bits per heavy atom. The Hall–Kier alpha value is -3.85. The number of benzene rings is 3. The number of anilines is 2. The van der Waals surface area contributed by atoms with Gasteiger partial charge >= 0.3 is 0 Å². The minimum Gasteiger partial charge on any atom is -0.497 e. The fourth-order valence-corrected chi connectivity index (χ4v) is 5.56. The van der Waals surface area contributed by atoms with Gasteiger partial charge in [-0.25, -0.2) is 0 Å². The molecule has 2 aliphatic rings. The molecule has 0 atom stereocenters. The molecule has 2 aliphatic heterocycles. The molecule has 1 fully saturated rings. The van der Waals surface area contributed by atoms with Crippen LogP contribution in [0, 0.1) is 0 Å². The highest BCUT2D eigenvalue weighted by molar-refractivity contribution is 7.90. The fourth-order valence-electron chi connectivity index (χ4n) is 4.38. The number of hydrogen-bond donors (Lipinski definition) is 1. The summed E-state index contributed by atoms with van der Waals surface area (Å²) in [6, 6.07) is 21.7. The average Bonchev–Trinajstić information content (AvgIpc) is 3.03. The molecular weight excluding hydrogens is 464 g/mol. The lowest BCUT2D eigenvalue weighted by Crippen LogP contribution is -2.35. The third-order valence-electron chi connectivity index (χ3n) is 6.25. The van der Waals surface area contributed by atoms with E-state index in [2.05, 4.69) is 14.6 Å². The van der Waals surface area contributed by atoms with Crippen molar-refractivity contribution in [2.45, 2.75) is 11.3 Å². The second-order valence-electron chi connectivity index (χ2n) is 8.44. The normalized spacial score (nSPS) is 16.8. The van der Waals surface area contributed by atoms with Crippen molar-refractivity contribution >= 4 is 33.1 Å². The number of rotatable bonds is 4. The van der Waals surface area contributed by atoms with Crippen LogP contribution in [0.15, 0.2) is 82.1 Å². The highest BCUT2D eigenvalue weighted by Crippen LogP contribution is 2.27. The quantitative estimate of drug-likeness (QED) is 0.601. The smallest absolute Gasteiger partial charge is 0.285 e. The third-order valence-corrected chi connectivity index (χ3v) is 7.58. The second kappa shape index (κ2) is 9.42. The van der Waals surface area contributed by atoms with E-state index in [1.807, 2.05) is 29.2 Å². The van der Waals surface area contributed by atoms with Crippen LogP contribution < -0.4 is 15.0 Å². The van der Waals surface area contributed by atoms with E-state index >= 15 is 0 Å². The first kappa shape index (κ1) is 22.9. The van der Waals surface area contributed by atoms with Crippen LogP contribution in [0.5, 0.6) is 5.75 Å². The van der Waals surface area contributed by atoms with Gasteiger partial charge in [0, 0.05) is 48.7 Å². The van der Waals surface area contributed by atoms with Gasteiger partial charge in [0.15, 0.2) is 5.84 Å². The highest BCUT2D eigenvalue weighted by atomic mass is 32.2. The minimum atomic E-state index is -3.69. The van der Waals surface area contributed by atoms with E-state index in [4.69, 9.17) is 4.74 Å². The summed E-state index contributed by atoms with van der Waals surface area (Å²) in [6.07, 6.45) is 0.880. The monoisotopic (exact) mass is 490 g/mol. The molecule has 0 aliphatic carbocycles. The van der Waals surface area contributed by atoms with Gasteiger partial charge in [-0.1, -0.05) is 12.1 Å². The van der Waals surface area contributed by atoms with E-state index in [0.29, 0.717) is 29.9 Å². The van der Waals surface area contributed by atoms with Crippen LogP contribution in [0.4, 0.5) is 11.4 Å². The lowest BCUT2D eigenvalue weighted by Gasteiger charge is -2.24. The predicted molar refractivity (Wildman–Crippen MR) is 136 cm³/mol. The molecule has 1 saturated heterocycles. The van der Waals surface area contributed by atoms with Gasteiger partial charge in [0.05, 0.1) is 7.11 Å². The van der Waals surface area contributed by atoms with Gasteiger partial charge in [-0.05, 0) is 67.1 Å². The second-order valence-corrected chi connectivity index (χ2v) is 10.0. The first-order valence-corrected chi connectivity index (χ1v) is 12.9. The third kappa shape index (κ3) is 4.72. The Balaban J connectivity index is 1.24. The summed E-state index contributed by atoms with van der Waals surface area (Å²) >= 11 is 0. The summed E-state index contributed by atoms with van der Waals surface area (Å²) in [5, 5.41) is 3.07. The van der Waals surface area contributed by atoms with Gasteiger partial charge < -0.3 is 19.9 Å². The molecule has 0 bridgehead atoms. The molecule has 0 saturated carbocycles. The van der Waals surface area contributed by atoms with Crippen molar-refractivity contribution in [1.29, 1.82) is 0 Å². The summed E-state index contributed by atoms with van der Waals surface area (Å²) in [5.41, 5.74) is 2.91. The lowest BCUT2D eigenvalue weighted by molar-refractivity contribution is 0.0767. The van der Waals surface area contributed by atoms with E-state index in [1.54, 1.807) is 55.6 Å². The number of amidine groups is 1. The Morgan fingerprint density at radius 3 is 2.40 bits per heavy atom. The van der Waals surface area contributed by atoms with Crippen LogP contribution >= 0.6 is 0 Å². The van der Waals surface area contributed by atoms with Crippen molar-refractivity contribution < 1.29 is 17.9 Å². The number of nitrogens with one attached hydrogen (secondary N) is 1. The Bertz CT molecular complexity index is 1370. The zero-order valence-corrected chi connectivity index (χ0v) is 20.2. The molecular formula is C26H26N4O4S. The topological polar surface area (TPSA) is 91.3 Å². The van der Waals surface area contributed by atoms with Crippen LogP contribution in [-0.2, 0) is 10.0 Å². The molecule has 8 nitrogen and oxygen atoms in total. The van der Waals surface area contributed by atoms with Crippen LogP contribution in [0.2, 0.25) is 0 Å². The maximum atomic E-state index is 13.2. The van der Waals surface area contributed by atoms with Gasteiger partial charge in [0.2, 0.25) is 0 Å². The number of sulfonamides is 1. The number of carbonyl (C=O) groups is 1. The van der Waals surface area contributed by atoms with E-state index in [9.17, 15) is 13.2 Å². The maximum absolute atomic E-state index is 13.2. The average molecular weight is 491 g/mol. The van der Waals surface area contributed by atoms with Crippen molar-refractivity contribution in [3.8, 4) is 5.75 Å². The molecule has 1 N–H and O–H groups in total. The molecule has 2 heterocycles. The van der Waals surface area contributed by atoms with Crippen LogP contribution in [-0.4, -0.2) is 58.3 Å². The molecule has 1 amide bonds. The zero-order valence-electron chi connectivity index (χ0n) is 19.3. The van der Waals surface area contributed by atoms with E-state index in [0.717, 1.165) is 30.9 Å². The van der Waals surface area contributed by atoms with E-state index in [1.165, 1.54) is 0 Å². The first-order valence-electron chi connectivity index (χ1n) is 11.4. The molecule has 0 unspecified atom stereocenters. The number of carbonyl (C=O) groups excluding carboxylic acids is 1. The van der Waals surface area contributed by atoms with Crippen molar-refractivity contribution in [1.82, 2.24) is 4.90 Å². The van der Waals surface area contributed by atoms with Gasteiger partial charge in [0.25, 0.3) is 15.9 Å². The molecule has 180 valence electrons. The maximum Gasteiger partial charge on any atom is 0.285 e. The summed E-state index contributed by atoms with van der Waals surface area (Å²) in [6.45, 7) is 2.96. The molecule has 9 heteroatoms. The highest BCUT2D eigenvalue weighted by Gasteiger charge is 2.28. The SMILES string of the molecule is COc1ccc(N2CCCN(C(=O)c3ccc(NC4=NS(=O)(=O)c5ccccc54)cc3)CC2)cc1. The molecule has 3 aromatic rings. The van der Waals surface area contributed by atoms with Gasteiger partial charge in [0.1, 0.15) is 10.6 Å². The van der Waals surface area contributed by atoms with Crippen molar-refractivity contribution in [3.63, 3.8) is 0 Å². The molecule has 0 radical (unpaired) electrons. The molecule has 0 spiro atoms.